The minimum atomic E-state index is -1.22. The van der Waals surface area contributed by atoms with Gasteiger partial charge in [-0.05, 0) is 6.92 Å². The fraction of sp³-hybridized carbons (Fsp3) is 0.444. The van der Waals surface area contributed by atoms with Gasteiger partial charge in [-0.3, -0.25) is 15.1 Å². The van der Waals surface area contributed by atoms with E-state index in [1.807, 2.05) is 0 Å². The first-order valence-electron chi connectivity index (χ1n) is 4.55. The summed E-state index contributed by atoms with van der Waals surface area (Å²) in [6.07, 6.45) is -1.19. The van der Waals surface area contributed by atoms with Crippen molar-refractivity contribution in [2.45, 2.75) is 19.1 Å². The second-order valence-electron chi connectivity index (χ2n) is 3.32. The van der Waals surface area contributed by atoms with E-state index in [4.69, 9.17) is 0 Å². The van der Waals surface area contributed by atoms with Gasteiger partial charge >= 0.3 is 0 Å². The second-order valence-corrected chi connectivity index (χ2v) is 3.69. The first-order valence-corrected chi connectivity index (χ1v) is 5.18. The molecule has 0 aromatic carbocycles. The number of aromatic nitrogens is 1. The molecule has 0 aliphatic heterocycles. The molecule has 0 fully saturated rings. The van der Waals surface area contributed by atoms with Crippen molar-refractivity contribution < 1.29 is 15.1 Å². The highest BCUT2D eigenvalue weighted by molar-refractivity contribution is 7.80. The lowest BCUT2D eigenvalue weighted by atomic mass is 10.0. The van der Waals surface area contributed by atoms with E-state index in [0.717, 1.165) is 6.20 Å². The molecule has 2 atom stereocenters. The Bertz CT molecular complexity index is 399. The molecule has 0 aliphatic rings. The van der Waals surface area contributed by atoms with Gasteiger partial charge in [0.2, 0.25) is 0 Å². The minimum Gasteiger partial charge on any atom is -0.389 e. The fourth-order valence-electron chi connectivity index (χ4n) is 1.24. The van der Waals surface area contributed by atoms with E-state index in [1.54, 1.807) is 6.92 Å². The Balaban J connectivity index is 3.11. The van der Waals surface area contributed by atoms with Crippen LogP contribution in [0.25, 0.3) is 0 Å². The Morgan fingerprint density at radius 3 is 2.75 bits per heavy atom. The summed E-state index contributed by atoms with van der Waals surface area (Å²) in [6, 6.07) is 1.21. The predicted molar refractivity (Wildman–Crippen MR) is 60.4 cm³/mol. The van der Waals surface area contributed by atoms with Crippen molar-refractivity contribution >= 4 is 18.3 Å². The zero-order chi connectivity index (χ0) is 12.3. The molecule has 1 aromatic heterocycles. The highest BCUT2D eigenvalue weighted by atomic mass is 32.1. The summed E-state index contributed by atoms with van der Waals surface area (Å²) >= 11 is 3.84. The third-order valence-electron chi connectivity index (χ3n) is 2.19. The molecule has 1 heterocycles. The highest BCUT2D eigenvalue weighted by Crippen LogP contribution is 2.24. The van der Waals surface area contributed by atoms with Crippen molar-refractivity contribution in [1.29, 1.82) is 0 Å². The van der Waals surface area contributed by atoms with E-state index in [1.165, 1.54) is 6.07 Å². The van der Waals surface area contributed by atoms with Crippen molar-refractivity contribution in [1.82, 2.24) is 4.98 Å². The molecule has 0 bridgehead atoms. The molecule has 0 amide bonds. The molecular weight excluding hydrogens is 232 g/mol. The highest BCUT2D eigenvalue weighted by Gasteiger charge is 2.22. The number of aliphatic hydroxyl groups is 2. The Morgan fingerprint density at radius 1 is 1.62 bits per heavy atom. The molecule has 1 rings (SSSR count). The monoisotopic (exact) mass is 244 g/mol. The first kappa shape index (κ1) is 12.9. The summed E-state index contributed by atoms with van der Waals surface area (Å²) in [4.78, 5) is 13.7. The van der Waals surface area contributed by atoms with Crippen LogP contribution in [0.3, 0.4) is 0 Å². The largest absolute Gasteiger partial charge is 0.389 e. The molecule has 2 N–H and O–H groups in total. The van der Waals surface area contributed by atoms with Gasteiger partial charge in [0, 0.05) is 23.1 Å². The van der Waals surface area contributed by atoms with Crippen LogP contribution in [0.2, 0.25) is 0 Å². The smallest absolute Gasteiger partial charge is 0.287 e. The number of pyridine rings is 1. The van der Waals surface area contributed by atoms with Crippen molar-refractivity contribution in [2.24, 2.45) is 0 Å². The Labute approximate surface area is 97.5 Å². The van der Waals surface area contributed by atoms with E-state index in [9.17, 15) is 20.3 Å². The number of hydrogen-bond acceptors (Lipinski definition) is 6. The number of thiol groups is 1. The summed E-state index contributed by atoms with van der Waals surface area (Å²) < 4.78 is 0. The summed E-state index contributed by atoms with van der Waals surface area (Å²) in [5.41, 5.74) is 0.473. The number of nitrogens with zero attached hydrogens (tertiary/aromatic N) is 2. The van der Waals surface area contributed by atoms with Crippen LogP contribution in [0, 0.1) is 17.0 Å². The van der Waals surface area contributed by atoms with E-state index in [2.05, 4.69) is 17.6 Å². The van der Waals surface area contributed by atoms with Crippen LogP contribution in [0.1, 0.15) is 17.4 Å². The quantitative estimate of drug-likeness (QED) is 0.410. The van der Waals surface area contributed by atoms with Crippen molar-refractivity contribution in [2.75, 3.05) is 5.75 Å². The standard InChI is InChI=1S/C9H12N2O4S/c1-5-7(9(13)8(12)4-16)2-6(3-10-5)11(14)15/h2-3,8-9,12-13,16H,4H2,1H3. The van der Waals surface area contributed by atoms with Gasteiger partial charge in [0.1, 0.15) is 12.3 Å². The average Bonchev–Trinajstić information content (AvgIpc) is 2.27. The molecule has 16 heavy (non-hydrogen) atoms. The summed E-state index contributed by atoms with van der Waals surface area (Å²) in [5, 5.41) is 29.7. The lowest BCUT2D eigenvalue weighted by Crippen LogP contribution is -2.21. The second kappa shape index (κ2) is 5.24. The lowest BCUT2D eigenvalue weighted by Gasteiger charge is -2.17. The maximum absolute atomic E-state index is 10.5. The van der Waals surface area contributed by atoms with Crippen LogP contribution >= 0.6 is 12.6 Å². The van der Waals surface area contributed by atoms with E-state index < -0.39 is 17.1 Å². The molecule has 2 unspecified atom stereocenters. The number of nitro groups is 1. The maximum atomic E-state index is 10.5. The number of hydrogen-bond donors (Lipinski definition) is 3. The third kappa shape index (κ3) is 2.69. The molecule has 7 heteroatoms. The maximum Gasteiger partial charge on any atom is 0.287 e. The SMILES string of the molecule is Cc1ncc([N+](=O)[O-])cc1C(O)C(O)CS. The molecule has 0 radical (unpaired) electrons. The Hall–Kier alpha value is -1.18. The third-order valence-corrected chi connectivity index (χ3v) is 2.57. The molecule has 0 aliphatic carbocycles. The van der Waals surface area contributed by atoms with E-state index in [-0.39, 0.29) is 17.0 Å². The van der Waals surface area contributed by atoms with Gasteiger partial charge < -0.3 is 10.2 Å². The molecular formula is C9H12N2O4S. The van der Waals surface area contributed by atoms with Crippen LogP contribution in [-0.4, -0.2) is 32.0 Å². The van der Waals surface area contributed by atoms with Gasteiger partial charge in [-0.15, -0.1) is 0 Å². The Kier molecular flexibility index (Phi) is 4.22. The van der Waals surface area contributed by atoms with Crippen molar-refractivity contribution in [3.05, 3.63) is 33.6 Å². The topological polar surface area (TPSA) is 96.5 Å². The van der Waals surface area contributed by atoms with Gasteiger partial charge in [-0.2, -0.15) is 12.6 Å². The summed E-state index contributed by atoms with van der Waals surface area (Å²) in [7, 11) is 0. The van der Waals surface area contributed by atoms with Crippen LogP contribution in [0.5, 0.6) is 0 Å². The van der Waals surface area contributed by atoms with Crippen molar-refractivity contribution in [3.63, 3.8) is 0 Å². The van der Waals surface area contributed by atoms with Gasteiger partial charge in [-0.1, -0.05) is 0 Å². The normalized spacial score (nSPS) is 14.5. The first-order chi connectivity index (χ1) is 7.47. The molecule has 0 saturated heterocycles. The van der Waals surface area contributed by atoms with Gasteiger partial charge in [0.25, 0.3) is 5.69 Å². The average molecular weight is 244 g/mol. The number of aliphatic hydroxyl groups excluding tert-OH is 2. The minimum absolute atomic E-state index is 0.0588. The summed E-state index contributed by atoms with van der Waals surface area (Å²) in [5.74, 6) is 0.0588. The van der Waals surface area contributed by atoms with Crippen LogP contribution in [0.15, 0.2) is 12.3 Å². The molecule has 88 valence electrons. The van der Waals surface area contributed by atoms with Crippen molar-refractivity contribution in [3.8, 4) is 0 Å². The predicted octanol–water partition coefficient (Wildman–Crippen LogP) is 0.622. The number of rotatable bonds is 4. The molecule has 0 saturated carbocycles. The van der Waals surface area contributed by atoms with E-state index >= 15 is 0 Å². The molecule has 0 spiro atoms. The van der Waals surface area contributed by atoms with E-state index in [0.29, 0.717) is 5.69 Å². The molecule has 6 nitrogen and oxygen atoms in total. The van der Waals surface area contributed by atoms with Crippen LogP contribution in [0.4, 0.5) is 5.69 Å². The van der Waals surface area contributed by atoms with Gasteiger partial charge in [-0.25, -0.2) is 0 Å². The summed E-state index contributed by atoms with van der Waals surface area (Å²) in [6.45, 7) is 1.60. The molecule has 1 aromatic rings. The van der Waals surface area contributed by atoms with Gasteiger partial charge in [0.05, 0.1) is 11.0 Å². The fourth-order valence-corrected chi connectivity index (χ4v) is 1.44. The number of aryl methyl sites for hydroxylation is 1. The zero-order valence-electron chi connectivity index (χ0n) is 8.57. The van der Waals surface area contributed by atoms with Gasteiger partial charge in [0.15, 0.2) is 0 Å². The van der Waals surface area contributed by atoms with Crippen LogP contribution in [-0.2, 0) is 0 Å². The lowest BCUT2D eigenvalue weighted by molar-refractivity contribution is -0.385. The Morgan fingerprint density at radius 2 is 2.25 bits per heavy atom. The zero-order valence-corrected chi connectivity index (χ0v) is 9.46. The van der Waals surface area contributed by atoms with Crippen LogP contribution < -0.4 is 0 Å².